The molecule has 4 nitrogen and oxygen atoms in total. The molecule has 0 aliphatic carbocycles. The third-order valence-corrected chi connectivity index (χ3v) is 4.52. The van der Waals surface area contributed by atoms with E-state index >= 15 is 0 Å². The minimum absolute atomic E-state index is 0.0415. The number of aromatic nitrogens is 3. The minimum atomic E-state index is -0.734. The molecule has 0 fully saturated rings. The Balaban J connectivity index is 2.08. The Bertz CT molecular complexity index is 1170. The van der Waals surface area contributed by atoms with E-state index in [1.807, 2.05) is 19.1 Å². The standard InChI is InChI=1S/C20H13ClF2N4/c1-10-5-6-11(13(21)9-10)17-12-7-8-25-19(18(12)27-20(24)26-17)16-14(22)3-2-4-15(16)23/h2-9H,1H3,(H2,24,26,27). The third-order valence-electron chi connectivity index (χ3n) is 4.21. The van der Waals surface area contributed by atoms with Crippen LogP contribution in [0.3, 0.4) is 0 Å². The number of nitrogens with two attached hydrogens (primary N) is 1. The van der Waals surface area contributed by atoms with E-state index in [-0.39, 0.29) is 22.7 Å². The van der Waals surface area contributed by atoms with Crippen LogP contribution < -0.4 is 5.73 Å². The molecule has 4 rings (SSSR count). The second-order valence-electron chi connectivity index (χ2n) is 6.07. The molecule has 0 saturated heterocycles. The van der Waals surface area contributed by atoms with E-state index < -0.39 is 11.6 Å². The molecule has 0 amide bonds. The number of nitrogens with zero attached hydrogens (tertiary/aromatic N) is 3. The molecule has 2 heterocycles. The second kappa shape index (κ2) is 6.55. The van der Waals surface area contributed by atoms with Crippen molar-refractivity contribution in [2.75, 3.05) is 5.73 Å². The highest BCUT2D eigenvalue weighted by molar-refractivity contribution is 6.33. The van der Waals surface area contributed by atoms with E-state index in [1.54, 1.807) is 12.1 Å². The molecule has 0 unspecified atom stereocenters. The number of benzene rings is 2. The summed E-state index contributed by atoms with van der Waals surface area (Å²) in [4.78, 5) is 12.7. The lowest BCUT2D eigenvalue weighted by Crippen LogP contribution is -2.02. The number of fused-ring (bicyclic) bond motifs is 1. The van der Waals surface area contributed by atoms with Gasteiger partial charge in [-0.25, -0.2) is 18.7 Å². The average Bonchev–Trinajstić information content (AvgIpc) is 2.61. The number of nitrogen functional groups attached to an aromatic ring is 1. The summed E-state index contributed by atoms with van der Waals surface area (Å²) in [6, 6.07) is 10.8. The van der Waals surface area contributed by atoms with Crippen molar-refractivity contribution in [1.29, 1.82) is 0 Å². The van der Waals surface area contributed by atoms with Gasteiger partial charge >= 0.3 is 0 Å². The number of hydrogen-bond acceptors (Lipinski definition) is 4. The smallest absolute Gasteiger partial charge is 0.221 e. The highest BCUT2D eigenvalue weighted by Crippen LogP contribution is 2.36. The van der Waals surface area contributed by atoms with Crippen molar-refractivity contribution in [2.45, 2.75) is 6.92 Å². The van der Waals surface area contributed by atoms with E-state index in [9.17, 15) is 8.78 Å². The summed E-state index contributed by atoms with van der Waals surface area (Å²) < 4.78 is 28.6. The Morgan fingerprint density at radius 2 is 1.70 bits per heavy atom. The third kappa shape index (κ3) is 2.98. The lowest BCUT2D eigenvalue weighted by molar-refractivity contribution is 0.589. The first-order valence-electron chi connectivity index (χ1n) is 8.09. The van der Waals surface area contributed by atoms with Crippen LogP contribution in [0.5, 0.6) is 0 Å². The van der Waals surface area contributed by atoms with E-state index in [0.29, 0.717) is 21.7 Å². The van der Waals surface area contributed by atoms with Gasteiger partial charge in [0.25, 0.3) is 0 Å². The maximum Gasteiger partial charge on any atom is 0.221 e. The Morgan fingerprint density at radius 1 is 0.963 bits per heavy atom. The number of halogens is 3. The van der Waals surface area contributed by atoms with Crippen LogP contribution in [-0.2, 0) is 0 Å². The van der Waals surface area contributed by atoms with Crippen LogP contribution >= 0.6 is 11.6 Å². The molecule has 4 aromatic rings. The van der Waals surface area contributed by atoms with E-state index in [1.165, 1.54) is 24.4 Å². The molecule has 7 heteroatoms. The molecule has 0 bridgehead atoms. The molecule has 0 aliphatic rings. The summed E-state index contributed by atoms with van der Waals surface area (Å²) in [5.74, 6) is -1.51. The van der Waals surface area contributed by atoms with Gasteiger partial charge in [0, 0.05) is 17.1 Å². The molecule has 2 aromatic heterocycles. The summed E-state index contributed by atoms with van der Waals surface area (Å²) in [6.45, 7) is 1.92. The van der Waals surface area contributed by atoms with Gasteiger partial charge in [-0.15, -0.1) is 0 Å². The Labute approximate surface area is 158 Å². The van der Waals surface area contributed by atoms with Crippen LogP contribution in [0.25, 0.3) is 33.4 Å². The first kappa shape index (κ1) is 17.3. The highest BCUT2D eigenvalue weighted by atomic mass is 35.5. The predicted octanol–water partition coefficient (Wildman–Crippen LogP) is 5.18. The lowest BCUT2D eigenvalue weighted by atomic mass is 10.0. The number of hydrogen-bond donors (Lipinski definition) is 1. The van der Waals surface area contributed by atoms with E-state index in [2.05, 4.69) is 15.0 Å². The number of anilines is 1. The van der Waals surface area contributed by atoms with Gasteiger partial charge in [0.15, 0.2) is 0 Å². The van der Waals surface area contributed by atoms with Gasteiger partial charge in [-0.05, 0) is 36.8 Å². The fraction of sp³-hybridized carbons (Fsp3) is 0.0500. The predicted molar refractivity (Wildman–Crippen MR) is 102 cm³/mol. The number of aryl methyl sites for hydroxylation is 1. The zero-order valence-electron chi connectivity index (χ0n) is 14.2. The quantitative estimate of drug-likeness (QED) is 0.518. The summed E-state index contributed by atoms with van der Waals surface area (Å²) in [5.41, 5.74) is 8.04. The van der Waals surface area contributed by atoms with Crippen molar-refractivity contribution in [3.63, 3.8) is 0 Å². The van der Waals surface area contributed by atoms with Crippen molar-refractivity contribution in [3.8, 4) is 22.5 Å². The van der Waals surface area contributed by atoms with Gasteiger partial charge in [-0.2, -0.15) is 0 Å². The van der Waals surface area contributed by atoms with Gasteiger partial charge < -0.3 is 5.73 Å². The first-order chi connectivity index (χ1) is 13.0. The Kier molecular flexibility index (Phi) is 4.20. The molecule has 0 spiro atoms. The molecule has 27 heavy (non-hydrogen) atoms. The Hall–Kier alpha value is -3.12. The average molecular weight is 383 g/mol. The fourth-order valence-electron chi connectivity index (χ4n) is 3.00. The van der Waals surface area contributed by atoms with Crippen molar-refractivity contribution in [3.05, 3.63) is 70.9 Å². The van der Waals surface area contributed by atoms with Crippen LogP contribution in [-0.4, -0.2) is 15.0 Å². The lowest BCUT2D eigenvalue weighted by Gasteiger charge is -2.12. The van der Waals surface area contributed by atoms with Gasteiger partial charge in [0.2, 0.25) is 5.95 Å². The number of pyridine rings is 1. The van der Waals surface area contributed by atoms with Gasteiger partial charge in [0.05, 0.1) is 16.3 Å². The van der Waals surface area contributed by atoms with E-state index in [0.717, 1.165) is 5.56 Å². The normalized spacial score (nSPS) is 11.1. The van der Waals surface area contributed by atoms with Gasteiger partial charge in [-0.1, -0.05) is 29.8 Å². The highest BCUT2D eigenvalue weighted by Gasteiger charge is 2.19. The molecule has 0 atom stereocenters. The minimum Gasteiger partial charge on any atom is -0.368 e. The summed E-state index contributed by atoms with van der Waals surface area (Å²) in [6.07, 6.45) is 1.45. The Morgan fingerprint density at radius 3 is 2.41 bits per heavy atom. The topological polar surface area (TPSA) is 64.7 Å². The molecule has 0 aliphatic heterocycles. The zero-order chi connectivity index (χ0) is 19.1. The van der Waals surface area contributed by atoms with Crippen LogP contribution in [0.1, 0.15) is 5.56 Å². The molecular formula is C20H13ClF2N4. The molecule has 0 radical (unpaired) electrons. The monoisotopic (exact) mass is 382 g/mol. The largest absolute Gasteiger partial charge is 0.368 e. The van der Waals surface area contributed by atoms with Crippen LogP contribution in [0, 0.1) is 18.6 Å². The van der Waals surface area contributed by atoms with E-state index in [4.69, 9.17) is 17.3 Å². The number of rotatable bonds is 2. The van der Waals surface area contributed by atoms with Gasteiger partial charge in [-0.3, -0.25) is 4.98 Å². The second-order valence-corrected chi connectivity index (χ2v) is 6.47. The maximum absolute atomic E-state index is 14.3. The summed E-state index contributed by atoms with van der Waals surface area (Å²) in [7, 11) is 0. The SMILES string of the molecule is Cc1ccc(-c2nc(N)nc3c(-c4c(F)cccc4F)nccc23)c(Cl)c1. The fourth-order valence-corrected chi connectivity index (χ4v) is 3.32. The molecule has 0 saturated carbocycles. The van der Waals surface area contributed by atoms with Crippen LogP contribution in [0.4, 0.5) is 14.7 Å². The summed E-state index contributed by atoms with van der Waals surface area (Å²) in [5, 5.41) is 1.03. The molecule has 2 aromatic carbocycles. The van der Waals surface area contributed by atoms with Crippen molar-refractivity contribution >= 4 is 28.5 Å². The first-order valence-corrected chi connectivity index (χ1v) is 8.46. The van der Waals surface area contributed by atoms with Gasteiger partial charge in [0.1, 0.15) is 22.8 Å². The summed E-state index contributed by atoms with van der Waals surface area (Å²) >= 11 is 6.39. The van der Waals surface area contributed by atoms with Crippen molar-refractivity contribution in [1.82, 2.24) is 15.0 Å². The zero-order valence-corrected chi connectivity index (χ0v) is 14.9. The maximum atomic E-state index is 14.3. The van der Waals surface area contributed by atoms with Crippen LogP contribution in [0.2, 0.25) is 5.02 Å². The molecule has 2 N–H and O–H groups in total. The molecule has 134 valence electrons. The van der Waals surface area contributed by atoms with Crippen molar-refractivity contribution in [2.24, 2.45) is 0 Å². The van der Waals surface area contributed by atoms with Crippen molar-refractivity contribution < 1.29 is 8.78 Å². The molecular weight excluding hydrogens is 370 g/mol. The van der Waals surface area contributed by atoms with Crippen LogP contribution in [0.15, 0.2) is 48.7 Å².